The molecule has 12 aromatic carbocycles. The molecule has 0 unspecified atom stereocenters. The molecule has 0 fully saturated rings. The van der Waals surface area contributed by atoms with Gasteiger partial charge in [0, 0.05) is 78.8 Å². The van der Waals surface area contributed by atoms with E-state index in [1.54, 1.807) is 0 Å². The maximum absolute atomic E-state index is 2.44. The Morgan fingerprint density at radius 2 is 0.524 bits per heavy atom. The third kappa shape index (κ3) is 9.63. The molecule has 14 rings (SSSR count). The van der Waals surface area contributed by atoms with Gasteiger partial charge in [0.05, 0.1) is 11.0 Å². The first-order chi connectivity index (χ1) is 41.3. The Hall–Kier alpha value is -10.7. The van der Waals surface area contributed by atoms with Crippen molar-refractivity contribution in [3.63, 3.8) is 0 Å². The van der Waals surface area contributed by atoms with Crippen LogP contribution >= 0.6 is 0 Å². The van der Waals surface area contributed by atoms with Gasteiger partial charge in [0.1, 0.15) is 0 Å². The highest BCUT2D eigenvalue weighted by Crippen LogP contribution is 2.45. The van der Waals surface area contributed by atoms with Gasteiger partial charge in [-0.05, 0) is 194 Å². The Bertz CT molecular complexity index is 4340. The molecule has 4 heteroatoms. The predicted molar refractivity (Wildman–Crippen MR) is 356 cm³/mol. The maximum Gasteiger partial charge on any atom is 0.0538 e. The van der Waals surface area contributed by atoms with Crippen LogP contribution in [0.2, 0.25) is 0 Å². The third-order valence-electron chi connectivity index (χ3n) is 16.6. The van der Waals surface area contributed by atoms with Gasteiger partial charge in [0.2, 0.25) is 0 Å². The fraction of sp³-hybridized carbons (Fsp3) is 0.0500. The Labute approximate surface area is 492 Å². The van der Waals surface area contributed by atoms with E-state index in [4.69, 9.17) is 0 Å². The lowest BCUT2D eigenvalue weighted by atomic mass is 9.96. The fourth-order valence-electron chi connectivity index (χ4n) is 12.5. The van der Waals surface area contributed by atoms with Gasteiger partial charge in [0.25, 0.3) is 0 Å². The summed E-state index contributed by atoms with van der Waals surface area (Å²) in [6.45, 7) is 8.82. The summed E-state index contributed by atoms with van der Waals surface area (Å²) in [5, 5.41) is 2.42. The van der Waals surface area contributed by atoms with Gasteiger partial charge >= 0.3 is 0 Å². The SMILES string of the molecule is Cc1ccc(N(c2ccc(-n3c(C)c(-c4ccccc4)c4cc(-c5ccc6c(c5)c(-c5ccccc5)c(C)n6-c5ccc(N(c6ccc(C)cc6)c6cccc(-c7ccccc7)c6)cc5)ccc43)cc2)c2cccc(-c3ccccc3)c2)cc1. The van der Waals surface area contributed by atoms with Gasteiger partial charge in [-0.2, -0.15) is 0 Å². The van der Waals surface area contributed by atoms with E-state index in [2.05, 4.69) is 350 Å². The van der Waals surface area contributed by atoms with Crippen LogP contribution in [0.3, 0.4) is 0 Å². The number of nitrogens with zero attached hydrogens (tertiary/aromatic N) is 4. The van der Waals surface area contributed by atoms with Crippen molar-refractivity contribution in [3.05, 3.63) is 326 Å². The quantitative estimate of drug-likeness (QED) is 0.114. The van der Waals surface area contributed by atoms with Gasteiger partial charge in [-0.25, -0.2) is 0 Å². The van der Waals surface area contributed by atoms with Crippen LogP contribution in [-0.4, -0.2) is 9.13 Å². The van der Waals surface area contributed by atoms with Crippen molar-refractivity contribution in [1.82, 2.24) is 9.13 Å². The third-order valence-corrected chi connectivity index (χ3v) is 16.6. The Balaban J connectivity index is 0.852. The summed E-state index contributed by atoms with van der Waals surface area (Å²) in [7, 11) is 0. The lowest BCUT2D eigenvalue weighted by Crippen LogP contribution is -2.10. The second-order valence-electron chi connectivity index (χ2n) is 22.0. The number of hydrogen-bond acceptors (Lipinski definition) is 2. The number of anilines is 6. The molecule has 84 heavy (non-hydrogen) atoms. The molecule has 0 atom stereocenters. The average Bonchev–Trinajstić information content (AvgIpc) is 3.56. The highest BCUT2D eigenvalue weighted by Gasteiger charge is 2.23. The van der Waals surface area contributed by atoms with Crippen molar-refractivity contribution in [2.45, 2.75) is 27.7 Å². The van der Waals surface area contributed by atoms with Crippen LogP contribution in [0.4, 0.5) is 34.1 Å². The first kappa shape index (κ1) is 51.5. The van der Waals surface area contributed by atoms with Crippen LogP contribution in [0.25, 0.3) is 88.8 Å². The van der Waals surface area contributed by atoms with Crippen molar-refractivity contribution in [2.75, 3.05) is 9.80 Å². The predicted octanol–water partition coefficient (Wildman–Crippen LogP) is 22.1. The second-order valence-corrected chi connectivity index (χ2v) is 22.0. The minimum absolute atomic E-state index is 1.09. The van der Waals surface area contributed by atoms with Crippen LogP contribution in [0.1, 0.15) is 22.5 Å². The number of benzene rings is 12. The molecule has 0 aliphatic rings. The molecule has 402 valence electrons. The molecule has 0 saturated heterocycles. The molecule has 0 N–H and O–H groups in total. The summed E-state index contributed by atoms with van der Waals surface area (Å²) in [5.74, 6) is 0. The minimum Gasteiger partial charge on any atom is -0.313 e. The van der Waals surface area contributed by atoms with Crippen LogP contribution in [-0.2, 0) is 0 Å². The summed E-state index contributed by atoms with van der Waals surface area (Å²) >= 11 is 0. The van der Waals surface area contributed by atoms with Crippen LogP contribution in [0.5, 0.6) is 0 Å². The van der Waals surface area contributed by atoms with E-state index in [1.807, 2.05) is 0 Å². The Morgan fingerprint density at radius 3 is 0.869 bits per heavy atom. The Morgan fingerprint density at radius 1 is 0.226 bits per heavy atom. The van der Waals surface area contributed by atoms with E-state index < -0.39 is 0 Å². The fourth-order valence-corrected chi connectivity index (χ4v) is 12.5. The van der Waals surface area contributed by atoms with Crippen LogP contribution < -0.4 is 9.80 Å². The van der Waals surface area contributed by atoms with E-state index in [0.29, 0.717) is 0 Å². The highest BCUT2D eigenvalue weighted by molar-refractivity contribution is 6.04. The summed E-state index contributed by atoms with van der Waals surface area (Å²) in [6.07, 6.45) is 0. The van der Waals surface area contributed by atoms with Gasteiger partial charge in [-0.3, -0.25) is 0 Å². The summed E-state index contributed by atoms with van der Waals surface area (Å²) in [4.78, 5) is 4.72. The molecule has 0 saturated carbocycles. The topological polar surface area (TPSA) is 16.3 Å². The molecule has 0 amide bonds. The Kier molecular flexibility index (Phi) is 13.5. The lowest BCUT2D eigenvalue weighted by molar-refractivity contribution is 1.05. The van der Waals surface area contributed by atoms with Crippen molar-refractivity contribution in [3.8, 4) is 67.0 Å². The highest BCUT2D eigenvalue weighted by atomic mass is 15.1. The number of hydrogen-bond donors (Lipinski definition) is 0. The molecular weight excluding hydrogens is 1020 g/mol. The zero-order valence-corrected chi connectivity index (χ0v) is 47.7. The normalized spacial score (nSPS) is 11.3. The minimum atomic E-state index is 1.09. The molecule has 2 aromatic heterocycles. The molecule has 0 bridgehead atoms. The van der Waals surface area contributed by atoms with E-state index in [9.17, 15) is 0 Å². The molecule has 0 aliphatic carbocycles. The summed E-state index contributed by atoms with van der Waals surface area (Å²) < 4.78 is 4.87. The zero-order valence-electron chi connectivity index (χ0n) is 47.7. The lowest BCUT2D eigenvalue weighted by Gasteiger charge is -2.26. The van der Waals surface area contributed by atoms with Crippen LogP contribution in [0, 0.1) is 27.7 Å². The molecule has 2 heterocycles. The van der Waals surface area contributed by atoms with Crippen molar-refractivity contribution in [2.24, 2.45) is 0 Å². The smallest absolute Gasteiger partial charge is 0.0538 e. The van der Waals surface area contributed by atoms with E-state index in [-0.39, 0.29) is 0 Å². The molecule has 0 spiro atoms. The zero-order chi connectivity index (χ0) is 56.7. The monoisotopic (exact) mass is 1080 g/mol. The number of aromatic nitrogens is 2. The van der Waals surface area contributed by atoms with Crippen molar-refractivity contribution in [1.29, 1.82) is 0 Å². The van der Waals surface area contributed by atoms with Gasteiger partial charge in [-0.1, -0.05) is 193 Å². The first-order valence-corrected chi connectivity index (χ1v) is 29.0. The number of fused-ring (bicyclic) bond motifs is 2. The number of rotatable bonds is 13. The summed E-state index contributed by atoms with van der Waals surface area (Å²) in [6, 6.07) is 111. The largest absolute Gasteiger partial charge is 0.313 e. The number of aryl methyl sites for hydroxylation is 2. The van der Waals surface area contributed by atoms with Crippen molar-refractivity contribution < 1.29 is 0 Å². The van der Waals surface area contributed by atoms with Gasteiger partial charge in [0.15, 0.2) is 0 Å². The van der Waals surface area contributed by atoms with Crippen LogP contribution in [0.15, 0.2) is 303 Å². The second kappa shape index (κ2) is 22.0. The molecule has 14 aromatic rings. The van der Waals surface area contributed by atoms with Gasteiger partial charge in [-0.15, -0.1) is 0 Å². The van der Waals surface area contributed by atoms with E-state index >= 15 is 0 Å². The van der Waals surface area contributed by atoms with E-state index in [1.165, 1.54) is 88.9 Å². The first-order valence-electron chi connectivity index (χ1n) is 29.0. The standard InChI is InChI=1S/C80H62N4/c1-55-31-37-69(38-32-55)83(73-29-17-27-63(51-73)59-19-9-5-10-20-59)71-45-41-67(42-46-71)81-57(3)79(61-23-13-7-14-24-61)75-53-65(35-49-77(75)81)66-36-50-78-76(54-66)80(62-25-15-8-16-26-62)58(4)82(78)68-43-47-72(48-44-68)84(70-39-33-56(2)34-40-70)74-30-18-28-64(52-74)60-21-11-6-12-22-60/h5-54H,1-4H3. The summed E-state index contributed by atoms with van der Waals surface area (Å²) in [5.41, 5.74) is 27.9. The molecule has 4 nitrogen and oxygen atoms in total. The average molecular weight is 1080 g/mol. The molecule has 0 radical (unpaired) electrons. The van der Waals surface area contributed by atoms with Gasteiger partial charge < -0.3 is 18.9 Å². The van der Waals surface area contributed by atoms with Crippen molar-refractivity contribution >= 4 is 55.9 Å². The molecule has 0 aliphatic heterocycles. The maximum atomic E-state index is 2.44. The molecular formula is C80H62N4. The van der Waals surface area contributed by atoms with E-state index in [0.717, 1.165) is 56.5 Å².